The number of imide groups is 1. The van der Waals surface area contributed by atoms with Crippen LogP contribution in [0.1, 0.15) is 12.5 Å². The Morgan fingerprint density at radius 1 is 1.40 bits per heavy atom. The highest BCUT2D eigenvalue weighted by atomic mass is 16.5. The average molecular weight is 347 g/mol. The average Bonchev–Trinajstić information content (AvgIpc) is 2.93. The summed E-state index contributed by atoms with van der Waals surface area (Å²) in [6, 6.07) is 7.47. The Labute approximate surface area is 147 Å². The second-order valence-corrected chi connectivity index (χ2v) is 5.61. The molecule has 25 heavy (non-hydrogen) atoms. The molecular weight excluding hydrogens is 322 g/mol. The largest absolute Gasteiger partial charge is 0.496 e. The Kier molecular flexibility index (Phi) is 6.62. The number of nitrogens with zero attached hydrogens (tertiary/aromatic N) is 3. The molecule has 1 heterocycles. The third kappa shape index (κ3) is 4.85. The second-order valence-electron chi connectivity index (χ2n) is 5.61. The summed E-state index contributed by atoms with van der Waals surface area (Å²) in [5.74, 6) is 1.32. The fourth-order valence-electron chi connectivity index (χ4n) is 2.57. The number of para-hydroxylation sites is 1. The smallest absolute Gasteiger partial charge is 0.324 e. The van der Waals surface area contributed by atoms with Gasteiger partial charge < -0.3 is 20.3 Å². The molecule has 0 radical (unpaired) electrons. The van der Waals surface area contributed by atoms with Gasteiger partial charge in [0, 0.05) is 25.7 Å². The lowest BCUT2D eigenvalue weighted by Crippen LogP contribution is -2.39. The van der Waals surface area contributed by atoms with Gasteiger partial charge in [-0.3, -0.25) is 14.7 Å². The minimum absolute atomic E-state index is 0.0658. The molecular formula is C17H25N5O3. The number of carbonyl (C=O) groups excluding carboxylic acids is 2. The van der Waals surface area contributed by atoms with Crippen molar-refractivity contribution in [2.45, 2.75) is 13.5 Å². The molecule has 0 aromatic heterocycles. The number of nitrogens with one attached hydrogen (secondary N) is 2. The van der Waals surface area contributed by atoms with Gasteiger partial charge in [-0.05, 0) is 13.0 Å². The summed E-state index contributed by atoms with van der Waals surface area (Å²) in [5, 5.41) is 5.72. The van der Waals surface area contributed by atoms with Crippen molar-refractivity contribution >= 4 is 17.9 Å². The van der Waals surface area contributed by atoms with Crippen molar-refractivity contribution in [2.75, 3.05) is 40.3 Å². The number of rotatable bonds is 7. The van der Waals surface area contributed by atoms with Crippen LogP contribution in [0, 0.1) is 0 Å². The number of methoxy groups -OCH3 is 1. The van der Waals surface area contributed by atoms with E-state index in [9.17, 15) is 9.59 Å². The molecule has 1 aliphatic rings. The molecule has 1 fully saturated rings. The minimum Gasteiger partial charge on any atom is -0.496 e. The number of urea groups is 1. The van der Waals surface area contributed by atoms with E-state index in [4.69, 9.17) is 4.74 Å². The van der Waals surface area contributed by atoms with Gasteiger partial charge in [0.15, 0.2) is 5.96 Å². The predicted octanol–water partition coefficient (Wildman–Crippen LogP) is 0.644. The number of guanidine groups is 1. The van der Waals surface area contributed by atoms with E-state index in [1.165, 1.54) is 4.90 Å². The van der Waals surface area contributed by atoms with Crippen molar-refractivity contribution < 1.29 is 14.3 Å². The molecule has 1 aromatic rings. The minimum atomic E-state index is -0.354. The van der Waals surface area contributed by atoms with Gasteiger partial charge in [0.25, 0.3) is 0 Å². The predicted molar refractivity (Wildman–Crippen MR) is 95.6 cm³/mol. The maximum atomic E-state index is 11.6. The van der Waals surface area contributed by atoms with Crippen LogP contribution in [0.5, 0.6) is 5.75 Å². The van der Waals surface area contributed by atoms with Crippen LogP contribution in [-0.2, 0) is 11.3 Å². The summed E-state index contributed by atoms with van der Waals surface area (Å²) >= 11 is 0. The van der Waals surface area contributed by atoms with Crippen molar-refractivity contribution in [3.63, 3.8) is 0 Å². The fraction of sp³-hybridized carbons (Fsp3) is 0.471. The Morgan fingerprint density at radius 3 is 2.80 bits per heavy atom. The van der Waals surface area contributed by atoms with E-state index in [0.717, 1.165) is 17.9 Å². The Hall–Kier alpha value is -2.77. The summed E-state index contributed by atoms with van der Waals surface area (Å²) in [6.07, 6.45) is 0. The molecule has 0 atom stereocenters. The summed E-state index contributed by atoms with van der Waals surface area (Å²) in [5.41, 5.74) is 1.05. The van der Waals surface area contributed by atoms with Gasteiger partial charge in [0.05, 0.1) is 26.7 Å². The van der Waals surface area contributed by atoms with Crippen molar-refractivity contribution in [2.24, 2.45) is 4.99 Å². The van der Waals surface area contributed by atoms with E-state index < -0.39 is 0 Å². The highest BCUT2D eigenvalue weighted by Crippen LogP contribution is 2.18. The van der Waals surface area contributed by atoms with E-state index in [1.54, 1.807) is 7.11 Å². The summed E-state index contributed by atoms with van der Waals surface area (Å²) in [6.45, 7) is 4.01. The number of amides is 3. The molecule has 0 unspecified atom stereocenters. The molecule has 1 aliphatic heterocycles. The number of hydrogen-bond acceptors (Lipinski definition) is 4. The first-order valence-corrected chi connectivity index (χ1v) is 8.26. The fourth-order valence-corrected chi connectivity index (χ4v) is 2.57. The van der Waals surface area contributed by atoms with Crippen LogP contribution in [0.15, 0.2) is 29.3 Å². The first-order valence-electron chi connectivity index (χ1n) is 8.26. The van der Waals surface area contributed by atoms with Gasteiger partial charge in [0.1, 0.15) is 5.75 Å². The summed E-state index contributed by atoms with van der Waals surface area (Å²) in [4.78, 5) is 30.8. The number of hydrogen-bond donors (Lipinski definition) is 2. The molecule has 0 spiro atoms. The number of benzene rings is 1. The summed E-state index contributed by atoms with van der Waals surface area (Å²) < 4.78 is 5.38. The molecule has 2 rings (SSSR count). The van der Waals surface area contributed by atoms with Gasteiger partial charge >= 0.3 is 6.03 Å². The monoisotopic (exact) mass is 347 g/mol. The quantitative estimate of drug-likeness (QED) is 0.430. The van der Waals surface area contributed by atoms with Crippen molar-refractivity contribution in [1.82, 2.24) is 20.4 Å². The lowest BCUT2D eigenvalue weighted by atomic mass is 10.2. The third-order valence-electron chi connectivity index (χ3n) is 3.82. The van der Waals surface area contributed by atoms with Crippen LogP contribution in [0.25, 0.3) is 0 Å². The van der Waals surface area contributed by atoms with Crippen LogP contribution < -0.4 is 15.4 Å². The zero-order valence-electron chi connectivity index (χ0n) is 14.9. The number of carbonyl (C=O) groups is 2. The normalized spacial score (nSPS) is 14.5. The van der Waals surface area contributed by atoms with Gasteiger partial charge in [0.2, 0.25) is 5.91 Å². The Morgan fingerprint density at radius 2 is 2.16 bits per heavy atom. The SMILES string of the molecule is CCNC(=NCCN1C(=O)CNC1=O)N(C)Cc1ccccc1OC. The van der Waals surface area contributed by atoms with E-state index >= 15 is 0 Å². The van der Waals surface area contributed by atoms with Crippen LogP contribution in [0.3, 0.4) is 0 Å². The maximum Gasteiger partial charge on any atom is 0.324 e. The highest BCUT2D eigenvalue weighted by Gasteiger charge is 2.27. The molecule has 8 heteroatoms. The number of aliphatic imine (C=N–C) groups is 1. The zero-order chi connectivity index (χ0) is 18.2. The molecule has 136 valence electrons. The van der Waals surface area contributed by atoms with Crippen molar-refractivity contribution in [3.8, 4) is 5.75 Å². The van der Waals surface area contributed by atoms with Gasteiger partial charge in [-0.2, -0.15) is 0 Å². The third-order valence-corrected chi connectivity index (χ3v) is 3.82. The molecule has 8 nitrogen and oxygen atoms in total. The van der Waals surface area contributed by atoms with Gasteiger partial charge in [-0.25, -0.2) is 4.79 Å². The number of ether oxygens (including phenoxy) is 1. The molecule has 3 amide bonds. The standard InChI is InChI=1S/C17H25N5O3/c1-4-18-16(19-9-10-22-15(23)11-20-17(22)24)21(2)12-13-7-5-6-8-14(13)25-3/h5-8H,4,9-12H2,1-3H3,(H,18,19)(H,20,24). The lowest BCUT2D eigenvalue weighted by molar-refractivity contribution is -0.124. The van der Waals surface area contributed by atoms with E-state index in [1.807, 2.05) is 43.1 Å². The molecule has 0 aliphatic carbocycles. The van der Waals surface area contributed by atoms with Crippen LogP contribution in [-0.4, -0.2) is 68.0 Å². The topological polar surface area (TPSA) is 86.3 Å². The van der Waals surface area contributed by atoms with E-state index in [-0.39, 0.29) is 25.0 Å². The molecule has 1 aromatic carbocycles. The van der Waals surface area contributed by atoms with Gasteiger partial charge in [-0.15, -0.1) is 0 Å². The molecule has 2 N–H and O–H groups in total. The first kappa shape index (κ1) is 18.6. The Bertz CT molecular complexity index is 631. The molecule has 0 bridgehead atoms. The lowest BCUT2D eigenvalue weighted by Gasteiger charge is -2.23. The Balaban J connectivity index is 2.00. The molecule has 0 saturated carbocycles. The second kappa shape index (κ2) is 8.91. The van der Waals surface area contributed by atoms with E-state index in [0.29, 0.717) is 19.0 Å². The van der Waals surface area contributed by atoms with Gasteiger partial charge in [-0.1, -0.05) is 18.2 Å². The van der Waals surface area contributed by atoms with Crippen molar-refractivity contribution in [3.05, 3.63) is 29.8 Å². The first-order chi connectivity index (χ1) is 12.1. The van der Waals surface area contributed by atoms with E-state index in [2.05, 4.69) is 15.6 Å². The highest BCUT2D eigenvalue weighted by molar-refractivity contribution is 6.01. The summed E-state index contributed by atoms with van der Waals surface area (Å²) in [7, 11) is 3.58. The van der Waals surface area contributed by atoms with Crippen LogP contribution in [0.2, 0.25) is 0 Å². The van der Waals surface area contributed by atoms with Crippen molar-refractivity contribution in [1.29, 1.82) is 0 Å². The maximum absolute atomic E-state index is 11.6. The molecule has 1 saturated heterocycles. The zero-order valence-corrected chi connectivity index (χ0v) is 14.9. The van der Waals surface area contributed by atoms with Crippen LogP contribution >= 0.6 is 0 Å². The van der Waals surface area contributed by atoms with Crippen LogP contribution in [0.4, 0.5) is 4.79 Å².